The van der Waals surface area contributed by atoms with E-state index >= 15 is 0 Å². The van der Waals surface area contributed by atoms with Crippen LogP contribution in [-0.2, 0) is 0 Å². The van der Waals surface area contributed by atoms with E-state index in [0.29, 0.717) is 5.41 Å². The van der Waals surface area contributed by atoms with Crippen LogP contribution in [0.4, 0.5) is 0 Å². The summed E-state index contributed by atoms with van der Waals surface area (Å²) in [5.41, 5.74) is 0.562. The predicted molar refractivity (Wildman–Crippen MR) is 84.9 cm³/mol. The van der Waals surface area contributed by atoms with Gasteiger partial charge in [-0.25, -0.2) is 0 Å². The zero-order valence-corrected chi connectivity index (χ0v) is 14.2. The largest absolute Gasteiger partial charge is 0.0628 e. The molecule has 0 aliphatic carbocycles. The Balaban J connectivity index is 3.69. The third kappa shape index (κ3) is 11.1. The van der Waals surface area contributed by atoms with Crippen LogP contribution in [0.3, 0.4) is 0 Å². The van der Waals surface area contributed by atoms with Crippen molar-refractivity contribution in [2.24, 2.45) is 23.2 Å². The maximum Gasteiger partial charge on any atom is -0.0354 e. The minimum Gasteiger partial charge on any atom is -0.0628 e. The van der Waals surface area contributed by atoms with E-state index in [1.165, 1.54) is 44.9 Å². The van der Waals surface area contributed by atoms with Crippen LogP contribution in [0, 0.1) is 23.2 Å². The highest BCUT2D eigenvalue weighted by Crippen LogP contribution is 2.31. The summed E-state index contributed by atoms with van der Waals surface area (Å²) >= 11 is 0. The molecular formula is C18H38. The summed E-state index contributed by atoms with van der Waals surface area (Å²) in [6.45, 7) is 16.7. The molecule has 0 spiro atoms. The van der Waals surface area contributed by atoms with Gasteiger partial charge in [-0.05, 0) is 42.4 Å². The van der Waals surface area contributed by atoms with Gasteiger partial charge in [-0.2, -0.15) is 0 Å². The lowest BCUT2D eigenvalue weighted by atomic mass is 9.80. The molecule has 0 aromatic rings. The van der Waals surface area contributed by atoms with E-state index in [2.05, 4.69) is 48.5 Å². The SMILES string of the molecule is CC(C)CCCC(C)(C)CCCC(C)CC(C)C. The average molecular weight is 255 g/mol. The second-order valence-corrected chi connectivity index (χ2v) is 8.08. The van der Waals surface area contributed by atoms with Crippen LogP contribution >= 0.6 is 0 Å². The standard InChI is InChI=1S/C18H38/c1-15(2)10-8-12-18(6,7)13-9-11-17(5)14-16(3)4/h15-17H,8-14H2,1-7H3. The molecular weight excluding hydrogens is 216 g/mol. The molecule has 0 saturated heterocycles. The fourth-order valence-electron chi connectivity index (χ4n) is 2.97. The van der Waals surface area contributed by atoms with Crippen LogP contribution < -0.4 is 0 Å². The van der Waals surface area contributed by atoms with Crippen molar-refractivity contribution >= 4 is 0 Å². The lowest BCUT2D eigenvalue weighted by Gasteiger charge is -2.26. The summed E-state index contributed by atoms with van der Waals surface area (Å²) in [4.78, 5) is 0. The topological polar surface area (TPSA) is 0 Å². The van der Waals surface area contributed by atoms with E-state index in [4.69, 9.17) is 0 Å². The fourth-order valence-corrected chi connectivity index (χ4v) is 2.97. The molecule has 0 fully saturated rings. The smallest absolute Gasteiger partial charge is 0.0354 e. The number of hydrogen-bond acceptors (Lipinski definition) is 0. The van der Waals surface area contributed by atoms with Crippen LogP contribution in [0.2, 0.25) is 0 Å². The van der Waals surface area contributed by atoms with Gasteiger partial charge < -0.3 is 0 Å². The van der Waals surface area contributed by atoms with E-state index < -0.39 is 0 Å². The summed E-state index contributed by atoms with van der Waals surface area (Å²) < 4.78 is 0. The van der Waals surface area contributed by atoms with Gasteiger partial charge in [0.1, 0.15) is 0 Å². The first-order chi connectivity index (χ1) is 8.23. The Hall–Kier alpha value is 0. The van der Waals surface area contributed by atoms with Crippen LogP contribution in [0.1, 0.15) is 93.4 Å². The molecule has 0 nitrogen and oxygen atoms in total. The molecule has 0 saturated carbocycles. The zero-order valence-electron chi connectivity index (χ0n) is 14.2. The predicted octanol–water partition coefficient (Wildman–Crippen LogP) is 6.69. The Labute approximate surface area is 117 Å². The first-order valence-electron chi connectivity index (χ1n) is 8.23. The van der Waals surface area contributed by atoms with Gasteiger partial charge in [-0.15, -0.1) is 0 Å². The highest BCUT2D eigenvalue weighted by atomic mass is 14.2. The van der Waals surface area contributed by atoms with Gasteiger partial charge >= 0.3 is 0 Å². The Bertz CT molecular complexity index is 188. The first kappa shape index (κ1) is 18.0. The highest BCUT2D eigenvalue weighted by molar-refractivity contribution is 4.70. The molecule has 0 aromatic heterocycles. The number of hydrogen-bond donors (Lipinski definition) is 0. The van der Waals surface area contributed by atoms with Crippen molar-refractivity contribution in [1.29, 1.82) is 0 Å². The quantitative estimate of drug-likeness (QED) is 0.407. The molecule has 0 aliphatic heterocycles. The van der Waals surface area contributed by atoms with E-state index in [1.807, 2.05) is 0 Å². The normalized spacial score (nSPS) is 14.5. The van der Waals surface area contributed by atoms with Crippen molar-refractivity contribution in [3.8, 4) is 0 Å². The minimum atomic E-state index is 0.562. The molecule has 1 atom stereocenters. The maximum absolute atomic E-state index is 2.46. The second-order valence-electron chi connectivity index (χ2n) is 8.08. The third-order valence-electron chi connectivity index (χ3n) is 4.06. The van der Waals surface area contributed by atoms with Gasteiger partial charge in [-0.1, -0.05) is 74.1 Å². The fraction of sp³-hybridized carbons (Fsp3) is 1.00. The molecule has 0 bridgehead atoms. The highest BCUT2D eigenvalue weighted by Gasteiger charge is 2.17. The monoisotopic (exact) mass is 254 g/mol. The van der Waals surface area contributed by atoms with Crippen molar-refractivity contribution in [1.82, 2.24) is 0 Å². The lowest BCUT2D eigenvalue weighted by molar-refractivity contribution is 0.267. The molecule has 0 N–H and O–H groups in total. The van der Waals surface area contributed by atoms with E-state index in [-0.39, 0.29) is 0 Å². The van der Waals surface area contributed by atoms with Crippen LogP contribution in [-0.4, -0.2) is 0 Å². The van der Waals surface area contributed by atoms with Crippen LogP contribution in [0.15, 0.2) is 0 Å². The third-order valence-corrected chi connectivity index (χ3v) is 4.06. The molecule has 0 radical (unpaired) electrons. The van der Waals surface area contributed by atoms with Crippen molar-refractivity contribution in [3.63, 3.8) is 0 Å². The van der Waals surface area contributed by atoms with Gasteiger partial charge in [0, 0.05) is 0 Å². The van der Waals surface area contributed by atoms with Gasteiger partial charge in [0.15, 0.2) is 0 Å². The molecule has 1 unspecified atom stereocenters. The average Bonchev–Trinajstić information content (AvgIpc) is 2.14. The summed E-state index contributed by atoms with van der Waals surface area (Å²) in [5.74, 6) is 2.64. The van der Waals surface area contributed by atoms with Crippen molar-refractivity contribution in [3.05, 3.63) is 0 Å². The Morgan fingerprint density at radius 1 is 0.722 bits per heavy atom. The Morgan fingerprint density at radius 3 is 1.67 bits per heavy atom. The van der Waals surface area contributed by atoms with E-state index in [1.54, 1.807) is 0 Å². The second kappa shape index (κ2) is 8.99. The molecule has 18 heavy (non-hydrogen) atoms. The van der Waals surface area contributed by atoms with E-state index in [0.717, 1.165) is 17.8 Å². The maximum atomic E-state index is 2.46. The molecule has 0 aromatic carbocycles. The Kier molecular flexibility index (Phi) is 8.99. The molecule has 110 valence electrons. The molecule has 0 aliphatic rings. The van der Waals surface area contributed by atoms with Gasteiger partial charge in [-0.3, -0.25) is 0 Å². The van der Waals surface area contributed by atoms with Crippen LogP contribution in [0.25, 0.3) is 0 Å². The summed E-state index contributed by atoms with van der Waals surface area (Å²) in [5, 5.41) is 0. The van der Waals surface area contributed by atoms with E-state index in [9.17, 15) is 0 Å². The molecule has 0 heteroatoms. The first-order valence-corrected chi connectivity index (χ1v) is 8.23. The molecule has 0 amide bonds. The van der Waals surface area contributed by atoms with Crippen LogP contribution in [0.5, 0.6) is 0 Å². The summed E-state index contributed by atoms with van der Waals surface area (Å²) in [6, 6.07) is 0. The lowest BCUT2D eigenvalue weighted by Crippen LogP contribution is -2.12. The minimum absolute atomic E-state index is 0.562. The van der Waals surface area contributed by atoms with Crippen molar-refractivity contribution in [2.75, 3.05) is 0 Å². The Morgan fingerprint density at radius 2 is 1.22 bits per heavy atom. The van der Waals surface area contributed by atoms with Crippen molar-refractivity contribution < 1.29 is 0 Å². The zero-order chi connectivity index (χ0) is 14.2. The summed E-state index contributed by atoms with van der Waals surface area (Å²) in [6.07, 6.45) is 9.86. The van der Waals surface area contributed by atoms with Gasteiger partial charge in [0.05, 0.1) is 0 Å². The van der Waals surface area contributed by atoms with Gasteiger partial charge in [0.2, 0.25) is 0 Å². The number of rotatable bonds is 10. The van der Waals surface area contributed by atoms with Gasteiger partial charge in [0.25, 0.3) is 0 Å². The van der Waals surface area contributed by atoms with Crippen molar-refractivity contribution in [2.45, 2.75) is 93.4 Å². The molecule has 0 heterocycles. The summed E-state index contributed by atoms with van der Waals surface area (Å²) in [7, 11) is 0. The molecule has 0 rings (SSSR count).